The van der Waals surface area contributed by atoms with Gasteiger partial charge in [0, 0.05) is 31.1 Å². The summed E-state index contributed by atoms with van der Waals surface area (Å²) in [6.07, 6.45) is 2.44. The standard InChI is InChI=1S/C25H27N3O3/c1-17-10-11-20(14-18(17)2)23-16-21(27-31-23)24(29)26-22(15-19-8-4-3-5-9-19)25(30)28-12-6-7-13-28/h3-5,8-11,14,16,22H,6-7,12-13,15H2,1-2H3,(H,26,29)/t22-/m1/s1. The fraction of sp³-hybridized carbons (Fsp3) is 0.320. The predicted octanol–water partition coefficient (Wildman–Crippen LogP) is 3.92. The molecule has 0 spiro atoms. The normalized spacial score (nSPS) is 14.5. The molecule has 0 unspecified atom stereocenters. The molecule has 31 heavy (non-hydrogen) atoms. The van der Waals surface area contributed by atoms with Crippen LogP contribution in [0.2, 0.25) is 0 Å². The average molecular weight is 418 g/mol. The number of aromatic nitrogens is 1. The third-order valence-corrected chi connectivity index (χ3v) is 5.84. The summed E-state index contributed by atoms with van der Waals surface area (Å²) < 4.78 is 5.42. The highest BCUT2D eigenvalue weighted by Crippen LogP contribution is 2.23. The van der Waals surface area contributed by atoms with Gasteiger partial charge in [0.15, 0.2) is 11.5 Å². The number of benzene rings is 2. The van der Waals surface area contributed by atoms with Crippen molar-refractivity contribution < 1.29 is 14.1 Å². The van der Waals surface area contributed by atoms with Crippen LogP contribution in [0.25, 0.3) is 11.3 Å². The van der Waals surface area contributed by atoms with Gasteiger partial charge in [-0.1, -0.05) is 47.6 Å². The summed E-state index contributed by atoms with van der Waals surface area (Å²) >= 11 is 0. The maximum absolute atomic E-state index is 13.1. The van der Waals surface area contributed by atoms with Crippen LogP contribution in [-0.2, 0) is 11.2 Å². The Labute approximate surface area is 182 Å². The summed E-state index contributed by atoms with van der Waals surface area (Å²) in [5.41, 5.74) is 4.35. The Balaban J connectivity index is 1.52. The summed E-state index contributed by atoms with van der Waals surface area (Å²) in [5, 5.41) is 6.84. The molecule has 1 atom stereocenters. The van der Waals surface area contributed by atoms with E-state index < -0.39 is 11.9 Å². The number of nitrogens with zero attached hydrogens (tertiary/aromatic N) is 2. The summed E-state index contributed by atoms with van der Waals surface area (Å²) in [6.45, 7) is 5.55. The minimum Gasteiger partial charge on any atom is -0.355 e. The average Bonchev–Trinajstić information content (AvgIpc) is 3.48. The molecule has 1 aromatic heterocycles. The van der Waals surface area contributed by atoms with Gasteiger partial charge in [-0.25, -0.2) is 0 Å². The van der Waals surface area contributed by atoms with Crippen LogP contribution in [-0.4, -0.2) is 41.0 Å². The number of carbonyl (C=O) groups excluding carboxylic acids is 2. The van der Waals surface area contributed by atoms with Crippen molar-refractivity contribution in [3.63, 3.8) is 0 Å². The first-order valence-electron chi connectivity index (χ1n) is 10.7. The molecule has 2 amide bonds. The van der Waals surface area contributed by atoms with E-state index in [0.29, 0.717) is 12.2 Å². The molecular formula is C25H27N3O3. The lowest BCUT2D eigenvalue weighted by molar-refractivity contribution is -0.132. The van der Waals surface area contributed by atoms with Crippen molar-refractivity contribution in [3.05, 3.63) is 77.0 Å². The van der Waals surface area contributed by atoms with Crippen LogP contribution in [0.4, 0.5) is 0 Å². The minimum atomic E-state index is -0.644. The van der Waals surface area contributed by atoms with E-state index >= 15 is 0 Å². The van der Waals surface area contributed by atoms with Gasteiger partial charge in [0.2, 0.25) is 5.91 Å². The fourth-order valence-corrected chi connectivity index (χ4v) is 3.85. The van der Waals surface area contributed by atoms with Gasteiger partial charge >= 0.3 is 0 Å². The molecule has 1 fully saturated rings. The quantitative estimate of drug-likeness (QED) is 0.660. The Bertz CT molecular complexity index is 1070. The molecule has 1 aliphatic rings. The molecular weight excluding hydrogens is 390 g/mol. The van der Waals surface area contributed by atoms with E-state index in [4.69, 9.17) is 4.52 Å². The minimum absolute atomic E-state index is 0.0485. The summed E-state index contributed by atoms with van der Waals surface area (Å²) in [6, 6.07) is 16.7. The van der Waals surface area contributed by atoms with Gasteiger partial charge in [-0.3, -0.25) is 9.59 Å². The van der Waals surface area contributed by atoms with Crippen LogP contribution >= 0.6 is 0 Å². The highest BCUT2D eigenvalue weighted by Gasteiger charge is 2.29. The molecule has 1 saturated heterocycles. The maximum atomic E-state index is 13.1. The third kappa shape index (κ3) is 4.85. The Morgan fingerprint density at radius 2 is 1.77 bits per heavy atom. The number of hydrogen-bond donors (Lipinski definition) is 1. The molecule has 1 N–H and O–H groups in total. The van der Waals surface area contributed by atoms with Crippen LogP contribution in [0.15, 0.2) is 59.1 Å². The van der Waals surface area contributed by atoms with Crippen molar-refractivity contribution in [1.29, 1.82) is 0 Å². The van der Waals surface area contributed by atoms with Gasteiger partial charge < -0.3 is 14.7 Å². The zero-order valence-electron chi connectivity index (χ0n) is 17.9. The fourth-order valence-electron chi connectivity index (χ4n) is 3.85. The van der Waals surface area contributed by atoms with Crippen LogP contribution in [0.3, 0.4) is 0 Å². The predicted molar refractivity (Wildman–Crippen MR) is 119 cm³/mol. The lowest BCUT2D eigenvalue weighted by Gasteiger charge is -2.24. The van der Waals surface area contributed by atoms with E-state index in [1.165, 1.54) is 5.56 Å². The summed E-state index contributed by atoms with van der Waals surface area (Å²) in [5.74, 6) is 0.0682. The Kier molecular flexibility index (Phi) is 6.16. The Morgan fingerprint density at radius 3 is 2.48 bits per heavy atom. The van der Waals surface area contributed by atoms with Crippen molar-refractivity contribution in [2.75, 3.05) is 13.1 Å². The highest BCUT2D eigenvalue weighted by atomic mass is 16.5. The lowest BCUT2D eigenvalue weighted by Crippen LogP contribution is -2.49. The topological polar surface area (TPSA) is 75.4 Å². The molecule has 0 bridgehead atoms. The second-order valence-corrected chi connectivity index (χ2v) is 8.12. The summed E-state index contributed by atoms with van der Waals surface area (Å²) in [7, 11) is 0. The van der Waals surface area contributed by atoms with E-state index in [9.17, 15) is 9.59 Å². The molecule has 2 aromatic carbocycles. The van der Waals surface area contributed by atoms with Crippen molar-refractivity contribution in [1.82, 2.24) is 15.4 Å². The molecule has 4 rings (SSSR count). The monoisotopic (exact) mass is 417 g/mol. The van der Waals surface area contributed by atoms with Crippen LogP contribution in [0.5, 0.6) is 0 Å². The first kappa shape index (κ1) is 20.8. The van der Waals surface area contributed by atoms with E-state index in [0.717, 1.165) is 42.6 Å². The second-order valence-electron chi connectivity index (χ2n) is 8.12. The smallest absolute Gasteiger partial charge is 0.274 e. The third-order valence-electron chi connectivity index (χ3n) is 5.84. The number of likely N-dealkylation sites (tertiary alicyclic amines) is 1. The zero-order valence-corrected chi connectivity index (χ0v) is 17.9. The second kappa shape index (κ2) is 9.16. The van der Waals surface area contributed by atoms with Gasteiger partial charge in [-0.15, -0.1) is 0 Å². The number of nitrogens with one attached hydrogen (secondary N) is 1. The maximum Gasteiger partial charge on any atom is 0.274 e. The number of aryl methyl sites for hydroxylation is 2. The van der Waals surface area contributed by atoms with Crippen molar-refractivity contribution in [2.24, 2.45) is 0 Å². The Hall–Kier alpha value is -3.41. The van der Waals surface area contributed by atoms with E-state index in [2.05, 4.69) is 10.5 Å². The van der Waals surface area contributed by atoms with E-state index in [1.54, 1.807) is 6.07 Å². The largest absolute Gasteiger partial charge is 0.355 e. The van der Waals surface area contributed by atoms with Crippen molar-refractivity contribution in [2.45, 2.75) is 39.2 Å². The molecule has 0 aliphatic carbocycles. The zero-order chi connectivity index (χ0) is 21.8. The van der Waals surface area contributed by atoms with Gasteiger partial charge in [0.05, 0.1) is 0 Å². The number of carbonyl (C=O) groups is 2. The molecule has 1 aliphatic heterocycles. The van der Waals surface area contributed by atoms with Gasteiger partial charge in [0.25, 0.3) is 5.91 Å². The van der Waals surface area contributed by atoms with Crippen LogP contribution < -0.4 is 5.32 Å². The van der Waals surface area contributed by atoms with Crippen LogP contribution in [0, 0.1) is 13.8 Å². The van der Waals surface area contributed by atoms with Crippen molar-refractivity contribution in [3.8, 4) is 11.3 Å². The van der Waals surface area contributed by atoms with Crippen molar-refractivity contribution >= 4 is 11.8 Å². The molecule has 0 radical (unpaired) electrons. The van der Waals surface area contributed by atoms with Gasteiger partial charge in [-0.2, -0.15) is 0 Å². The molecule has 2 heterocycles. The first-order chi connectivity index (χ1) is 15.0. The number of amides is 2. The van der Waals surface area contributed by atoms with Gasteiger partial charge in [-0.05, 0) is 49.4 Å². The van der Waals surface area contributed by atoms with E-state index in [-0.39, 0.29) is 11.6 Å². The van der Waals surface area contributed by atoms with E-state index in [1.807, 2.05) is 67.3 Å². The molecule has 0 saturated carbocycles. The van der Waals surface area contributed by atoms with Crippen LogP contribution in [0.1, 0.15) is 40.0 Å². The highest BCUT2D eigenvalue weighted by molar-refractivity contribution is 5.96. The van der Waals surface area contributed by atoms with Gasteiger partial charge in [0.1, 0.15) is 6.04 Å². The number of hydrogen-bond acceptors (Lipinski definition) is 4. The molecule has 6 heteroatoms. The number of rotatable bonds is 6. The summed E-state index contributed by atoms with van der Waals surface area (Å²) in [4.78, 5) is 27.8. The molecule has 6 nitrogen and oxygen atoms in total. The SMILES string of the molecule is Cc1ccc(-c2cc(C(=O)N[C@H](Cc3ccccc3)C(=O)N3CCCC3)no2)cc1C. The lowest BCUT2D eigenvalue weighted by atomic mass is 10.0. The molecule has 3 aromatic rings. The first-order valence-corrected chi connectivity index (χ1v) is 10.7. The Morgan fingerprint density at radius 1 is 1.03 bits per heavy atom. The molecule has 160 valence electrons.